The van der Waals surface area contributed by atoms with Crippen LogP contribution in [-0.2, 0) is 12.8 Å². The third-order valence-electron chi connectivity index (χ3n) is 4.90. The molecule has 0 aliphatic heterocycles. The van der Waals surface area contributed by atoms with Gasteiger partial charge < -0.3 is 15.2 Å². The van der Waals surface area contributed by atoms with Crippen molar-refractivity contribution in [1.29, 1.82) is 0 Å². The van der Waals surface area contributed by atoms with E-state index in [2.05, 4.69) is 10.3 Å². The summed E-state index contributed by atoms with van der Waals surface area (Å²) in [6, 6.07) is 9.05. The number of thiophene rings is 1. The molecule has 12 heteroatoms. The number of ether oxygens (including phenoxy) is 1. The van der Waals surface area contributed by atoms with E-state index in [1.807, 2.05) is 0 Å². The Hall–Kier alpha value is -3.34. The number of hydrogen-bond donors (Lipinski definition) is 2. The summed E-state index contributed by atoms with van der Waals surface area (Å²) in [6.45, 7) is 0.0704. The molecule has 0 radical (unpaired) electrons. The Balaban J connectivity index is 1.45. The Kier molecular flexibility index (Phi) is 6.88. The highest BCUT2D eigenvalue weighted by Gasteiger charge is 2.33. The van der Waals surface area contributed by atoms with Crippen molar-refractivity contribution in [3.05, 3.63) is 86.5 Å². The van der Waals surface area contributed by atoms with Crippen LogP contribution < -0.4 is 10.1 Å². The van der Waals surface area contributed by atoms with E-state index in [-0.39, 0.29) is 28.6 Å². The molecule has 1 amide bonds. The van der Waals surface area contributed by atoms with Crippen LogP contribution >= 0.6 is 34.5 Å². The molecule has 0 fully saturated rings. The summed E-state index contributed by atoms with van der Waals surface area (Å²) >= 11 is 13.0. The predicted molar refractivity (Wildman–Crippen MR) is 127 cm³/mol. The molecule has 2 aromatic carbocycles. The molecule has 0 unspecified atom stereocenters. The maximum Gasteiger partial charge on any atom is 0.417 e. The number of fused-ring (bicyclic) bond motifs is 1. The van der Waals surface area contributed by atoms with E-state index in [0.29, 0.717) is 21.4 Å². The third-order valence-corrected chi connectivity index (χ3v) is 6.57. The van der Waals surface area contributed by atoms with Gasteiger partial charge in [0.2, 0.25) is 0 Å². The van der Waals surface area contributed by atoms with Gasteiger partial charge in [-0.15, -0.1) is 11.3 Å². The van der Waals surface area contributed by atoms with Gasteiger partial charge in [-0.25, -0.2) is 9.78 Å². The first-order valence-electron chi connectivity index (χ1n) is 9.73. The lowest BCUT2D eigenvalue weighted by Crippen LogP contribution is -2.13. The number of carboxylic acids is 1. The number of aromatic nitrogens is 1. The largest absolute Gasteiger partial charge is 0.489 e. The van der Waals surface area contributed by atoms with E-state index >= 15 is 0 Å². The van der Waals surface area contributed by atoms with Crippen LogP contribution in [0, 0.1) is 0 Å². The maximum atomic E-state index is 13.0. The quantitative estimate of drug-likeness (QED) is 0.253. The highest BCUT2D eigenvalue weighted by Crippen LogP contribution is 2.36. The first-order valence-corrected chi connectivity index (χ1v) is 11.4. The molecule has 0 atom stereocenters. The fourth-order valence-electron chi connectivity index (χ4n) is 3.21. The number of carbonyl (C=O) groups is 2. The molecule has 2 heterocycles. The number of halogens is 5. The van der Waals surface area contributed by atoms with Crippen molar-refractivity contribution in [2.75, 3.05) is 5.32 Å². The Morgan fingerprint density at radius 1 is 1.11 bits per heavy atom. The standard InChI is InChI=1S/C23H13Cl2F3N2O4S/c24-17-6-3-13(7-16(17)23(26,27)28)30-21(31)11-1-4-14(5-2-11)34-9-12-10-35-19-15(22(32)33)8-29-20(25)18(12)19/h1-8,10H,9H2,(H,30,31)(H,32,33). The van der Waals surface area contributed by atoms with Crippen LogP contribution in [0.25, 0.3) is 10.1 Å². The topological polar surface area (TPSA) is 88.5 Å². The lowest BCUT2D eigenvalue weighted by Gasteiger charge is -2.12. The second kappa shape index (κ2) is 9.73. The number of rotatable bonds is 6. The number of anilines is 1. The normalized spacial score (nSPS) is 11.5. The average Bonchev–Trinajstić information content (AvgIpc) is 3.23. The van der Waals surface area contributed by atoms with Gasteiger partial charge in [0.15, 0.2) is 0 Å². The fourth-order valence-corrected chi connectivity index (χ4v) is 4.81. The highest BCUT2D eigenvalue weighted by atomic mass is 35.5. The Morgan fingerprint density at radius 3 is 2.49 bits per heavy atom. The van der Waals surface area contributed by atoms with E-state index in [4.69, 9.17) is 27.9 Å². The summed E-state index contributed by atoms with van der Waals surface area (Å²) in [4.78, 5) is 27.8. The molecular formula is C23H13Cl2F3N2O4S. The van der Waals surface area contributed by atoms with E-state index in [9.17, 15) is 27.9 Å². The van der Waals surface area contributed by atoms with Gasteiger partial charge in [-0.3, -0.25) is 4.79 Å². The molecule has 2 N–H and O–H groups in total. The van der Waals surface area contributed by atoms with Crippen LogP contribution in [0.1, 0.15) is 31.8 Å². The van der Waals surface area contributed by atoms with E-state index in [0.717, 1.165) is 12.1 Å². The summed E-state index contributed by atoms with van der Waals surface area (Å²) < 4.78 is 45.3. The van der Waals surface area contributed by atoms with Gasteiger partial charge in [0.1, 0.15) is 17.5 Å². The van der Waals surface area contributed by atoms with E-state index < -0.39 is 28.6 Å². The smallest absolute Gasteiger partial charge is 0.417 e. The molecule has 4 aromatic rings. The highest BCUT2D eigenvalue weighted by molar-refractivity contribution is 7.17. The Bertz CT molecular complexity index is 1440. The lowest BCUT2D eigenvalue weighted by molar-refractivity contribution is -0.137. The second-order valence-corrected chi connectivity index (χ2v) is 8.84. The van der Waals surface area contributed by atoms with E-state index in [1.165, 1.54) is 47.9 Å². The SMILES string of the molecule is O=C(Nc1ccc(Cl)c(C(F)(F)F)c1)c1ccc(OCc2csc3c(C(=O)O)cnc(Cl)c23)cc1. The van der Waals surface area contributed by atoms with Gasteiger partial charge in [-0.05, 0) is 47.8 Å². The lowest BCUT2D eigenvalue weighted by atomic mass is 10.1. The minimum atomic E-state index is -4.65. The predicted octanol–water partition coefficient (Wildman–Crippen LogP) is 7.15. The van der Waals surface area contributed by atoms with Crippen molar-refractivity contribution < 1.29 is 32.6 Å². The zero-order valence-electron chi connectivity index (χ0n) is 17.3. The van der Waals surface area contributed by atoms with Crippen LogP contribution in [-0.4, -0.2) is 22.0 Å². The summed E-state index contributed by atoms with van der Waals surface area (Å²) in [5.74, 6) is -1.32. The monoisotopic (exact) mass is 540 g/mol. The van der Waals surface area contributed by atoms with Crippen molar-refractivity contribution in [3.8, 4) is 5.75 Å². The molecule has 0 saturated heterocycles. The number of carbonyl (C=O) groups excluding carboxylic acids is 1. The van der Waals surface area contributed by atoms with Crippen LogP contribution in [0.2, 0.25) is 10.2 Å². The maximum absolute atomic E-state index is 13.0. The molecule has 35 heavy (non-hydrogen) atoms. The summed E-state index contributed by atoms with van der Waals surface area (Å²) in [5, 5.41) is 13.6. The van der Waals surface area contributed by atoms with Crippen molar-refractivity contribution in [1.82, 2.24) is 4.98 Å². The Labute approximate surface area is 209 Å². The minimum Gasteiger partial charge on any atom is -0.489 e. The van der Waals surface area contributed by atoms with Crippen LogP contribution in [0.15, 0.2) is 54.0 Å². The Morgan fingerprint density at radius 2 is 1.83 bits per heavy atom. The first kappa shape index (κ1) is 24.8. The number of benzene rings is 2. The molecule has 0 bridgehead atoms. The third kappa shape index (κ3) is 5.34. The van der Waals surface area contributed by atoms with Crippen molar-refractivity contribution in [3.63, 3.8) is 0 Å². The number of carboxylic acid groups (broad SMARTS) is 1. The molecule has 0 spiro atoms. The van der Waals surface area contributed by atoms with Crippen molar-refractivity contribution in [2.24, 2.45) is 0 Å². The second-order valence-electron chi connectivity index (χ2n) is 7.19. The van der Waals surface area contributed by atoms with Crippen LogP contribution in [0.5, 0.6) is 5.75 Å². The fraction of sp³-hybridized carbons (Fsp3) is 0.0870. The number of alkyl halides is 3. The molecule has 2 aromatic heterocycles. The molecule has 0 aliphatic rings. The number of aromatic carboxylic acids is 1. The van der Waals surface area contributed by atoms with Crippen LogP contribution in [0.3, 0.4) is 0 Å². The van der Waals surface area contributed by atoms with Gasteiger partial charge in [0.25, 0.3) is 5.91 Å². The zero-order chi connectivity index (χ0) is 25.3. The van der Waals surface area contributed by atoms with Gasteiger partial charge in [0, 0.05) is 28.4 Å². The number of nitrogens with one attached hydrogen (secondary N) is 1. The van der Waals surface area contributed by atoms with E-state index in [1.54, 1.807) is 5.38 Å². The molecule has 6 nitrogen and oxygen atoms in total. The first-order chi connectivity index (χ1) is 16.5. The summed E-state index contributed by atoms with van der Waals surface area (Å²) in [6.07, 6.45) is -3.45. The molecule has 0 aliphatic carbocycles. The number of hydrogen-bond acceptors (Lipinski definition) is 5. The van der Waals surface area contributed by atoms with Gasteiger partial charge in [0.05, 0.1) is 20.8 Å². The number of nitrogens with zero attached hydrogens (tertiary/aromatic N) is 1. The molecule has 0 saturated carbocycles. The minimum absolute atomic E-state index is 0.0408. The molecular weight excluding hydrogens is 528 g/mol. The summed E-state index contributed by atoms with van der Waals surface area (Å²) in [5.41, 5.74) is -0.218. The number of amides is 1. The molecule has 4 rings (SSSR count). The van der Waals surface area contributed by atoms with Gasteiger partial charge in [-0.2, -0.15) is 13.2 Å². The van der Waals surface area contributed by atoms with Gasteiger partial charge in [-0.1, -0.05) is 23.2 Å². The number of pyridine rings is 1. The average molecular weight is 541 g/mol. The van der Waals surface area contributed by atoms with Crippen LogP contribution in [0.4, 0.5) is 18.9 Å². The van der Waals surface area contributed by atoms with Crippen molar-refractivity contribution in [2.45, 2.75) is 12.8 Å². The summed E-state index contributed by atoms with van der Waals surface area (Å²) in [7, 11) is 0. The van der Waals surface area contributed by atoms with Crippen molar-refractivity contribution >= 4 is 62.2 Å². The van der Waals surface area contributed by atoms with Gasteiger partial charge >= 0.3 is 12.1 Å². The zero-order valence-corrected chi connectivity index (χ0v) is 19.6. The molecule has 180 valence electrons.